The van der Waals surface area contributed by atoms with E-state index in [0.717, 1.165) is 0 Å². The summed E-state index contributed by atoms with van der Waals surface area (Å²) in [5.74, 6) is -0.365. The summed E-state index contributed by atoms with van der Waals surface area (Å²) >= 11 is 1.34. The van der Waals surface area contributed by atoms with Crippen LogP contribution in [-0.4, -0.2) is 32.5 Å². The molecule has 7 heteroatoms. The summed E-state index contributed by atoms with van der Waals surface area (Å²) in [6.07, 6.45) is 1.59. The van der Waals surface area contributed by atoms with Crippen LogP contribution < -0.4 is 5.32 Å². The van der Waals surface area contributed by atoms with Crippen molar-refractivity contribution in [2.75, 3.05) is 6.54 Å². The zero-order valence-electron chi connectivity index (χ0n) is 13.7. The summed E-state index contributed by atoms with van der Waals surface area (Å²) in [6.45, 7) is 5.99. The molecule has 0 spiro atoms. The zero-order valence-corrected chi connectivity index (χ0v) is 14.5. The second kappa shape index (κ2) is 7.12. The Morgan fingerprint density at radius 3 is 2.74 bits per heavy atom. The molecule has 23 heavy (non-hydrogen) atoms. The maximum atomic E-state index is 13.9. The Bertz CT molecular complexity index is 686. The topological polar surface area (TPSA) is 59.8 Å². The smallest absolute Gasteiger partial charge is 0.233 e. The minimum absolute atomic E-state index is 0.109. The predicted octanol–water partition coefficient (Wildman–Crippen LogP) is 2.53. The van der Waals surface area contributed by atoms with E-state index in [2.05, 4.69) is 15.5 Å². The number of rotatable bonds is 6. The van der Waals surface area contributed by atoms with Crippen LogP contribution in [-0.2, 0) is 17.3 Å². The molecule has 0 aliphatic rings. The second-order valence-corrected chi connectivity index (χ2v) is 7.37. The zero-order chi connectivity index (χ0) is 17.0. The SMILES string of the molecule is CC(Sc1nncn1C)C(=O)NCC(C)(C)c1ccccc1F. The first-order chi connectivity index (χ1) is 10.8. The van der Waals surface area contributed by atoms with Crippen LogP contribution in [0, 0.1) is 5.82 Å². The van der Waals surface area contributed by atoms with Gasteiger partial charge in [0.25, 0.3) is 0 Å². The number of nitrogens with one attached hydrogen (secondary N) is 1. The molecule has 1 aromatic carbocycles. The van der Waals surface area contributed by atoms with Crippen molar-refractivity contribution in [3.8, 4) is 0 Å². The molecule has 0 bridgehead atoms. The molecule has 1 N–H and O–H groups in total. The van der Waals surface area contributed by atoms with Crippen molar-refractivity contribution in [2.45, 2.75) is 36.6 Å². The Kier molecular flexibility index (Phi) is 5.41. The first kappa shape index (κ1) is 17.5. The van der Waals surface area contributed by atoms with Gasteiger partial charge in [-0.15, -0.1) is 10.2 Å². The third-order valence-corrected chi connectivity index (χ3v) is 4.78. The summed E-state index contributed by atoms with van der Waals surface area (Å²) in [5, 5.41) is 11.0. The van der Waals surface area contributed by atoms with Crippen LogP contribution in [0.1, 0.15) is 26.3 Å². The third-order valence-electron chi connectivity index (χ3n) is 3.63. The molecule has 5 nitrogen and oxygen atoms in total. The third kappa shape index (κ3) is 4.31. The highest BCUT2D eigenvalue weighted by atomic mass is 32.2. The Morgan fingerprint density at radius 2 is 2.13 bits per heavy atom. The molecule has 124 valence electrons. The average Bonchev–Trinajstić information content (AvgIpc) is 2.90. The molecule has 1 unspecified atom stereocenters. The summed E-state index contributed by atoms with van der Waals surface area (Å²) in [7, 11) is 1.83. The molecule has 0 radical (unpaired) electrons. The van der Waals surface area contributed by atoms with Gasteiger partial charge < -0.3 is 9.88 Å². The van der Waals surface area contributed by atoms with Crippen molar-refractivity contribution in [1.82, 2.24) is 20.1 Å². The highest BCUT2D eigenvalue weighted by Gasteiger charge is 2.26. The van der Waals surface area contributed by atoms with Gasteiger partial charge in [0.1, 0.15) is 12.1 Å². The second-order valence-electron chi connectivity index (χ2n) is 6.07. The molecule has 0 fully saturated rings. The minimum Gasteiger partial charge on any atom is -0.354 e. The van der Waals surface area contributed by atoms with E-state index in [1.807, 2.05) is 27.8 Å². The number of halogens is 1. The van der Waals surface area contributed by atoms with E-state index in [9.17, 15) is 9.18 Å². The van der Waals surface area contributed by atoms with E-state index >= 15 is 0 Å². The van der Waals surface area contributed by atoms with Crippen molar-refractivity contribution in [3.05, 3.63) is 42.0 Å². The summed E-state index contributed by atoms with van der Waals surface area (Å²) < 4.78 is 15.7. The molecule has 0 aliphatic heterocycles. The van der Waals surface area contributed by atoms with Gasteiger partial charge >= 0.3 is 0 Å². The Labute approximate surface area is 139 Å². The lowest BCUT2D eigenvalue weighted by atomic mass is 9.84. The quantitative estimate of drug-likeness (QED) is 0.824. The largest absolute Gasteiger partial charge is 0.354 e. The first-order valence-corrected chi connectivity index (χ1v) is 8.22. The van der Waals surface area contributed by atoms with E-state index in [-0.39, 0.29) is 17.0 Å². The number of nitrogens with zero attached hydrogens (tertiary/aromatic N) is 3. The molecule has 1 atom stereocenters. The van der Waals surface area contributed by atoms with Gasteiger partial charge in [-0.05, 0) is 18.6 Å². The lowest BCUT2D eigenvalue weighted by Crippen LogP contribution is -2.40. The maximum Gasteiger partial charge on any atom is 0.233 e. The van der Waals surface area contributed by atoms with Gasteiger partial charge in [0, 0.05) is 19.0 Å². The number of thioether (sulfide) groups is 1. The lowest BCUT2D eigenvalue weighted by molar-refractivity contribution is -0.120. The monoisotopic (exact) mass is 336 g/mol. The Morgan fingerprint density at radius 1 is 1.43 bits per heavy atom. The van der Waals surface area contributed by atoms with Crippen molar-refractivity contribution >= 4 is 17.7 Å². The number of aromatic nitrogens is 3. The average molecular weight is 336 g/mol. The molecule has 0 aliphatic carbocycles. The van der Waals surface area contributed by atoms with Gasteiger partial charge in [0.2, 0.25) is 5.91 Å². The molecule has 2 aromatic rings. The van der Waals surface area contributed by atoms with Crippen LogP contribution in [0.3, 0.4) is 0 Å². The van der Waals surface area contributed by atoms with Crippen LogP contribution >= 0.6 is 11.8 Å². The normalized spacial score (nSPS) is 12.9. The van der Waals surface area contributed by atoms with Gasteiger partial charge in [0.15, 0.2) is 5.16 Å². The lowest BCUT2D eigenvalue weighted by Gasteiger charge is -2.26. The van der Waals surface area contributed by atoms with Gasteiger partial charge in [-0.2, -0.15) is 0 Å². The number of carbonyl (C=O) groups is 1. The Balaban J connectivity index is 1.95. The van der Waals surface area contributed by atoms with E-state index in [0.29, 0.717) is 17.3 Å². The number of benzene rings is 1. The molecular formula is C16H21FN4OS. The molecule has 1 aromatic heterocycles. The van der Waals surface area contributed by atoms with Gasteiger partial charge in [-0.1, -0.05) is 43.8 Å². The number of hydrogen-bond acceptors (Lipinski definition) is 4. The van der Waals surface area contributed by atoms with Crippen LogP contribution in [0.15, 0.2) is 35.7 Å². The van der Waals surface area contributed by atoms with Crippen molar-refractivity contribution < 1.29 is 9.18 Å². The number of aryl methyl sites for hydroxylation is 1. The fourth-order valence-corrected chi connectivity index (χ4v) is 2.96. The van der Waals surface area contributed by atoms with E-state index in [1.54, 1.807) is 29.1 Å². The van der Waals surface area contributed by atoms with Crippen molar-refractivity contribution in [3.63, 3.8) is 0 Å². The predicted molar refractivity (Wildman–Crippen MR) is 88.8 cm³/mol. The van der Waals surface area contributed by atoms with E-state index in [4.69, 9.17) is 0 Å². The number of amides is 1. The summed E-state index contributed by atoms with van der Waals surface area (Å²) in [4.78, 5) is 12.3. The van der Waals surface area contributed by atoms with E-state index < -0.39 is 5.41 Å². The maximum absolute atomic E-state index is 13.9. The standard InChI is InChI=1S/C16H21FN4OS/c1-11(23-15-20-19-10-21(15)4)14(22)18-9-16(2,3)12-7-5-6-8-13(12)17/h5-8,10-11H,9H2,1-4H3,(H,18,22). The number of hydrogen-bond donors (Lipinski definition) is 1. The first-order valence-electron chi connectivity index (χ1n) is 7.34. The molecule has 1 amide bonds. The molecule has 1 heterocycles. The molecule has 0 saturated heterocycles. The van der Waals surface area contributed by atoms with Crippen LogP contribution in [0.5, 0.6) is 0 Å². The fourth-order valence-electron chi connectivity index (χ4n) is 2.15. The number of carbonyl (C=O) groups excluding carboxylic acids is 1. The molecular weight excluding hydrogens is 315 g/mol. The van der Waals surface area contributed by atoms with Crippen LogP contribution in [0.4, 0.5) is 4.39 Å². The van der Waals surface area contributed by atoms with Crippen molar-refractivity contribution in [1.29, 1.82) is 0 Å². The van der Waals surface area contributed by atoms with Gasteiger partial charge in [0.05, 0.1) is 5.25 Å². The molecule has 2 rings (SSSR count). The molecule has 0 saturated carbocycles. The highest BCUT2D eigenvalue weighted by molar-refractivity contribution is 8.00. The van der Waals surface area contributed by atoms with Crippen molar-refractivity contribution in [2.24, 2.45) is 7.05 Å². The summed E-state index contributed by atoms with van der Waals surface area (Å²) in [6, 6.07) is 6.65. The van der Waals surface area contributed by atoms with Crippen LogP contribution in [0.25, 0.3) is 0 Å². The van der Waals surface area contributed by atoms with Gasteiger partial charge in [-0.25, -0.2) is 4.39 Å². The van der Waals surface area contributed by atoms with Gasteiger partial charge in [-0.3, -0.25) is 4.79 Å². The van der Waals surface area contributed by atoms with Crippen LogP contribution in [0.2, 0.25) is 0 Å². The highest BCUT2D eigenvalue weighted by Crippen LogP contribution is 2.25. The van der Waals surface area contributed by atoms with E-state index in [1.165, 1.54) is 17.8 Å². The minimum atomic E-state index is -0.490. The Hall–Kier alpha value is -1.89. The summed E-state index contributed by atoms with van der Waals surface area (Å²) in [5.41, 5.74) is 0.102. The fraction of sp³-hybridized carbons (Fsp3) is 0.438.